The number of ether oxygens (including phenoxy) is 1. The van der Waals surface area contributed by atoms with Crippen LogP contribution in [0, 0.1) is 24.5 Å². The van der Waals surface area contributed by atoms with Gasteiger partial charge in [-0.2, -0.15) is 0 Å². The highest BCUT2D eigenvalue weighted by molar-refractivity contribution is 5.94. The molecule has 1 aliphatic heterocycles. The molecule has 30 heavy (non-hydrogen) atoms. The van der Waals surface area contributed by atoms with E-state index in [2.05, 4.69) is 0 Å². The van der Waals surface area contributed by atoms with Crippen molar-refractivity contribution in [3.05, 3.63) is 70.8 Å². The van der Waals surface area contributed by atoms with E-state index in [1.807, 2.05) is 0 Å². The third-order valence-corrected chi connectivity index (χ3v) is 5.80. The molecule has 1 atom stereocenters. The van der Waals surface area contributed by atoms with E-state index in [-0.39, 0.29) is 41.8 Å². The van der Waals surface area contributed by atoms with Gasteiger partial charge in [0.15, 0.2) is 0 Å². The molecule has 0 aromatic heterocycles. The number of hydrogen-bond donors (Lipinski definition) is 0. The van der Waals surface area contributed by atoms with Crippen molar-refractivity contribution < 1.29 is 23.1 Å². The van der Waals surface area contributed by atoms with Gasteiger partial charge in [-0.15, -0.1) is 0 Å². The Balaban J connectivity index is 1.70. The van der Waals surface area contributed by atoms with Crippen molar-refractivity contribution in [1.82, 2.24) is 4.90 Å². The van der Waals surface area contributed by atoms with E-state index in [0.29, 0.717) is 43.7 Å². The second-order valence-corrected chi connectivity index (χ2v) is 7.76. The molecule has 1 unspecified atom stereocenters. The largest absolute Gasteiger partial charge is 0.466 e. The summed E-state index contributed by atoms with van der Waals surface area (Å²) in [4.78, 5) is 26.6. The van der Waals surface area contributed by atoms with Gasteiger partial charge in [-0.05, 0) is 73.9 Å². The predicted octanol–water partition coefficient (Wildman–Crippen LogP) is 4.86. The molecule has 0 bridgehead atoms. The van der Waals surface area contributed by atoms with Crippen molar-refractivity contribution in [2.45, 2.75) is 39.0 Å². The fraction of sp³-hybridized carbons (Fsp3) is 0.417. The number of halogens is 2. The van der Waals surface area contributed by atoms with Crippen molar-refractivity contribution >= 4 is 11.9 Å². The molecule has 0 radical (unpaired) electrons. The van der Waals surface area contributed by atoms with Gasteiger partial charge in [0.05, 0.1) is 13.0 Å². The minimum absolute atomic E-state index is 0.0984. The van der Waals surface area contributed by atoms with Crippen molar-refractivity contribution in [2.75, 3.05) is 19.7 Å². The average Bonchev–Trinajstić information content (AvgIpc) is 2.74. The molecule has 0 spiro atoms. The van der Waals surface area contributed by atoms with Gasteiger partial charge in [0.25, 0.3) is 5.91 Å². The molecule has 1 aliphatic rings. The predicted molar refractivity (Wildman–Crippen MR) is 110 cm³/mol. The molecule has 3 rings (SSSR count). The Labute approximate surface area is 175 Å². The number of nitrogens with zero attached hydrogens (tertiary/aromatic N) is 1. The normalized spacial score (nSPS) is 15.7. The van der Waals surface area contributed by atoms with E-state index >= 15 is 0 Å². The summed E-state index contributed by atoms with van der Waals surface area (Å²) in [6.07, 6.45) is 1.64. The Morgan fingerprint density at radius 2 is 1.77 bits per heavy atom. The monoisotopic (exact) mass is 415 g/mol. The fourth-order valence-electron chi connectivity index (χ4n) is 4.08. The maximum absolute atomic E-state index is 13.8. The van der Waals surface area contributed by atoms with Gasteiger partial charge < -0.3 is 9.64 Å². The first-order chi connectivity index (χ1) is 14.4. The number of piperidine rings is 1. The number of amides is 1. The number of esters is 1. The summed E-state index contributed by atoms with van der Waals surface area (Å²) in [5, 5.41) is 0. The zero-order valence-electron chi connectivity index (χ0n) is 17.4. The lowest BCUT2D eigenvalue weighted by Gasteiger charge is -2.36. The summed E-state index contributed by atoms with van der Waals surface area (Å²) >= 11 is 0. The molecule has 1 heterocycles. The van der Waals surface area contributed by atoms with Crippen LogP contribution < -0.4 is 0 Å². The number of hydrogen-bond acceptors (Lipinski definition) is 3. The molecule has 2 aromatic rings. The standard InChI is InChI=1S/C24H27F2NO3/c1-3-30-23(28)15-21(17-6-8-20(25)9-7-17)18-10-12-27(13-11-18)24(29)19-5-4-16(2)22(26)14-19/h4-9,14,18,21H,3,10-13,15H2,1-2H3. The van der Waals surface area contributed by atoms with E-state index in [1.165, 1.54) is 18.2 Å². The second kappa shape index (κ2) is 9.83. The van der Waals surface area contributed by atoms with Crippen LogP contribution in [-0.4, -0.2) is 36.5 Å². The van der Waals surface area contributed by atoms with E-state index in [9.17, 15) is 18.4 Å². The van der Waals surface area contributed by atoms with E-state index in [4.69, 9.17) is 4.74 Å². The molecule has 1 saturated heterocycles. The van der Waals surface area contributed by atoms with E-state index in [1.54, 1.807) is 43.0 Å². The zero-order chi connectivity index (χ0) is 21.7. The molecule has 160 valence electrons. The minimum Gasteiger partial charge on any atom is -0.466 e. The SMILES string of the molecule is CCOC(=O)CC(c1ccc(F)cc1)C1CCN(C(=O)c2ccc(C)c(F)c2)CC1. The smallest absolute Gasteiger partial charge is 0.306 e. The molecule has 1 amide bonds. The van der Waals surface area contributed by atoms with Gasteiger partial charge in [-0.25, -0.2) is 8.78 Å². The summed E-state index contributed by atoms with van der Waals surface area (Å²) in [5.41, 5.74) is 1.75. The number of carbonyl (C=O) groups is 2. The summed E-state index contributed by atoms with van der Waals surface area (Å²) in [6, 6.07) is 10.8. The average molecular weight is 415 g/mol. The van der Waals surface area contributed by atoms with Gasteiger partial charge in [0.1, 0.15) is 11.6 Å². The molecule has 2 aromatic carbocycles. The molecule has 0 aliphatic carbocycles. The molecule has 6 heteroatoms. The van der Waals surface area contributed by atoms with Crippen molar-refractivity contribution in [2.24, 2.45) is 5.92 Å². The Morgan fingerprint density at radius 1 is 1.10 bits per heavy atom. The van der Waals surface area contributed by atoms with Crippen molar-refractivity contribution in [3.63, 3.8) is 0 Å². The topological polar surface area (TPSA) is 46.6 Å². The Morgan fingerprint density at radius 3 is 2.37 bits per heavy atom. The van der Waals surface area contributed by atoms with Crippen LogP contribution in [0.1, 0.15) is 53.6 Å². The van der Waals surface area contributed by atoms with E-state index in [0.717, 1.165) is 5.56 Å². The summed E-state index contributed by atoms with van der Waals surface area (Å²) in [6.45, 7) is 4.80. The summed E-state index contributed by atoms with van der Waals surface area (Å²) in [7, 11) is 0. The van der Waals surface area contributed by atoms with Gasteiger partial charge >= 0.3 is 5.97 Å². The van der Waals surface area contributed by atoms with E-state index < -0.39 is 0 Å². The van der Waals surface area contributed by atoms with Crippen LogP contribution in [0.5, 0.6) is 0 Å². The van der Waals surface area contributed by atoms with Crippen LogP contribution in [0.25, 0.3) is 0 Å². The first kappa shape index (κ1) is 21.9. The summed E-state index contributed by atoms with van der Waals surface area (Å²) in [5.74, 6) is -1.10. The van der Waals surface area contributed by atoms with Gasteiger partial charge in [0.2, 0.25) is 0 Å². The van der Waals surface area contributed by atoms with Gasteiger partial charge in [-0.1, -0.05) is 18.2 Å². The Kier molecular flexibility index (Phi) is 7.19. The first-order valence-electron chi connectivity index (χ1n) is 10.4. The number of aryl methyl sites for hydroxylation is 1. The van der Waals surface area contributed by atoms with Crippen molar-refractivity contribution in [3.8, 4) is 0 Å². The van der Waals surface area contributed by atoms with Gasteiger partial charge in [0, 0.05) is 18.7 Å². The summed E-state index contributed by atoms with van der Waals surface area (Å²) < 4.78 is 32.3. The number of rotatable bonds is 6. The Bertz CT molecular complexity index is 890. The molecular weight excluding hydrogens is 388 g/mol. The zero-order valence-corrected chi connectivity index (χ0v) is 17.4. The molecule has 4 nitrogen and oxygen atoms in total. The molecule has 1 fully saturated rings. The van der Waals surface area contributed by atoms with Gasteiger partial charge in [-0.3, -0.25) is 9.59 Å². The second-order valence-electron chi connectivity index (χ2n) is 7.76. The molecule has 0 saturated carbocycles. The highest BCUT2D eigenvalue weighted by Crippen LogP contribution is 2.36. The number of likely N-dealkylation sites (tertiary alicyclic amines) is 1. The fourth-order valence-corrected chi connectivity index (χ4v) is 4.08. The first-order valence-corrected chi connectivity index (χ1v) is 10.4. The highest BCUT2D eigenvalue weighted by atomic mass is 19.1. The lowest BCUT2D eigenvalue weighted by atomic mass is 9.78. The van der Waals surface area contributed by atoms with Crippen molar-refractivity contribution in [1.29, 1.82) is 0 Å². The third kappa shape index (κ3) is 5.23. The van der Waals surface area contributed by atoms with Crippen LogP contribution in [0.15, 0.2) is 42.5 Å². The van der Waals surface area contributed by atoms with Crippen LogP contribution in [-0.2, 0) is 9.53 Å². The third-order valence-electron chi connectivity index (χ3n) is 5.80. The van der Waals surface area contributed by atoms with Crippen LogP contribution in [0.4, 0.5) is 8.78 Å². The van der Waals surface area contributed by atoms with Crippen LogP contribution in [0.2, 0.25) is 0 Å². The van der Waals surface area contributed by atoms with Crippen LogP contribution in [0.3, 0.4) is 0 Å². The van der Waals surface area contributed by atoms with Crippen LogP contribution >= 0.6 is 0 Å². The lowest BCUT2D eigenvalue weighted by Crippen LogP contribution is -2.40. The maximum atomic E-state index is 13.8. The number of carbonyl (C=O) groups excluding carboxylic acids is 2. The maximum Gasteiger partial charge on any atom is 0.306 e. The lowest BCUT2D eigenvalue weighted by molar-refractivity contribution is -0.144. The minimum atomic E-state index is -0.387. The quantitative estimate of drug-likeness (QED) is 0.633. The molecule has 0 N–H and O–H groups in total. The molecular formula is C24H27F2NO3. The Hall–Kier alpha value is -2.76. The highest BCUT2D eigenvalue weighted by Gasteiger charge is 2.31. The number of benzene rings is 2.